The number of carbonyl (C=O) groups excluding carboxylic acids is 2. The quantitative estimate of drug-likeness (QED) is 0.441. The normalized spacial score (nSPS) is 11.5. The summed E-state index contributed by atoms with van der Waals surface area (Å²) >= 11 is 3.30. The van der Waals surface area contributed by atoms with Crippen molar-refractivity contribution in [2.75, 3.05) is 0 Å². The number of rotatable bonds is 2. The van der Waals surface area contributed by atoms with Gasteiger partial charge in [0.15, 0.2) is 0 Å². The second-order valence-corrected chi connectivity index (χ2v) is 4.11. The zero-order valence-electron chi connectivity index (χ0n) is 9.07. The Kier molecular flexibility index (Phi) is 4.92. The van der Waals surface area contributed by atoms with E-state index in [2.05, 4.69) is 15.9 Å². The van der Waals surface area contributed by atoms with Crippen molar-refractivity contribution in [3.63, 3.8) is 0 Å². The third-order valence-electron chi connectivity index (χ3n) is 1.97. The third-order valence-corrected chi connectivity index (χ3v) is 2.50. The fourth-order valence-corrected chi connectivity index (χ4v) is 1.38. The molecule has 17 heavy (non-hydrogen) atoms. The van der Waals surface area contributed by atoms with Gasteiger partial charge in [-0.3, -0.25) is 5.43 Å². The zero-order chi connectivity index (χ0) is 12.8. The highest BCUT2D eigenvalue weighted by Crippen LogP contribution is 2.19. The summed E-state index contributed by atoms with van der Waals surface area (Å²) in [4.78, 5) is 21.9. The van der Waals surface area contributed by atoms with Gasteiger partial charge in [-0.15, -0.1) is 0 Å². The molecule has 0 aliphatic carbocycles. The van der Waals surface area contributed by atoms with Gasteiger partial charge in [0.2, 0.25) is 0 Å². The highest BCUT2D eigenvalue weighted by molar-refractivity contribution is 9.10. The number of halogens is 1. The molecule has 92 valence electrons. The largest absolute Gasteiger partial charge is 0.441 e. The Morgan fingerprint density at radius 1 is 1.35 bits per heavy atom. The molecule has 0 aliphatic heterocycles. The van der Waals surface area contributed by atoms with Gasteiger partial charge in [-0.05, 0) is 24.6 Å². The summed E-state index contributed by atoms with van der Waals surface area (Å²) in [6.45, 7) is 1.70. The molecule has 4 N–H and O–H groups in total. The lowest BCUT2D eigenvalue weighted by Gasteiger charge is -2.13. The fourth-order valence-electron chi connectivity index (χ4n) is 1.12. The predicted molar refractivity (Wildman–Crippen MR) is 64.9 cm³/mol. The summed E-state index contributed by atoms with van der Waals surface area (Å²) in [5.41, 5.74) is 2.58. The number of hydrazine groups is 1. The number of carbonyl (C=O) groups is 2. The lowest BCUT2D eigenvalue weighted by molar-refractivity contribution is 0.109. The molecule has 6 nitrogen and oxygen atoms in total. The second-order valence-electron chi connectivity index (χ2n) is 3.20. The van der Waals surface area contributed by atoms with Crippen molar-refractivity contribution in [3.05, 3.63) is 34.3 Å². The Hall–Kier alpha value is -1.60. The molecule has 1 aromatic rings. The smallest absolute Gasteiger partial charge is 0.415 e. The van der Waals surface area contributed by atoms with Crippen molar-refractivity contribution in [2.24, 2.45) is 5.84 Å². The van der Waals surface area contributed by atoms with Crippen LogP contribution in [0.5, 0.6) is 0 Å². The number of nitrogens with two attached hydrogens (primary N) is 1. The molecule has 1 rings (SSSR count). The minimum Gasteiger partial charge on any atom is -0.441 e. The average Bonchev–Trinajstić information content (AvgIpc) is 2.29. The van der Waals surface area contributed by atoms with Gasteiger partial charge in [0, 0.05) is 4.47 Å². The van der Waals surface area contributed by atoms with Gasteiger partial charge in [-0.2, -0.15) is 0 Å². The van der Waals surface area contributed by atoms with Gasteiger partial charge in [0.1, 0.15) is 6.10 Å². The van der Waals surface area contributed by atoms with Crippen LogP contribution in [0.15, 0.2) is 28.7 Å². The van der Waals surface area contributed by atoms with Gasteiger partial charge >= 0.3 is 12.1 Å². The molecule has 1 atom stereocenters. The SMILES string of the molecule is CC(OC(=O)NC(=O)NN)c1ccc(Br)cc1. The van der Waals surface area contributed by atoms with E-state index < -0.39 is 18.2 Å². The zero-order valence-corrected chi connectivity index (χ0v) is 10.7. The molecule has 7 heteroatoms. The van der Waals surface area contributed by atoms with Crippen molar-refractivity contribution < 1.29 is 14.3 Å². The average molecular weight is 302 g/mol. The molecule has 0 bridgehead atoms. The van der Waals surface area contributed by atoms with Crippen LogP contribution in [0, 0.1) is 0 Å². The van der Waals surface area contributed by atoms with Crippen LogP contribution in [-0.2, 0) is 4.74 Å². The van der Waals surface area contributed by atoms with Gasteiger partial charge in [0.05, 0.1) is 0 Å². The van der Waals surface area contributed by atoms with E-state index in [0.29, 0.717) is 0 Å². The predicted octanol–water partition coefficient (Wildman–Crippen LogP) is 1.82. The minimum atomic E-state index is -0.858. The molecular formula is C10H12BrN3O3. The Bertz CT molecular complexity index is 408. The topological polar surface area (TPSA) is 93.4 Å². The maximum atomic E-state index is 11.2. The van der Waals surface area contributed by atoms with Crippen LogP contribution in [0.1, 0.15) is 18.6 Å². The van der Waals surface area contributed by atoms with Gasteiger partial charge in [-0.1, -0.05) is 28.1 Å². The van der Waals surface area contributed by atoms with Gasteiger partial charge < -0.3 is 4.74 Å². The van der Waals surface area contributed by atoms with Gasteiger partial charge in [-0.25, -0.2) is 20.7 Å². The van der Waals surface area contributed by atoms with Crippen molar-refractivity contribution in [3.8, 4) is 0 Å². The minimum absolute atomic E-state index is 0.464. The summed E-state index contributed by atoms with van der Waals surface area (Å²) in [6.07, 6.45) is -1.32. The molecule has 0 spiro atoms. The highest BCUT2D eigenvalue weighted by atomic mass is 79.9. The Morgan fingerprint density at radius 2 is 1.94 bits per heavy atom. The molecule has 0 saturated carbocycles. The number of benzene rings is 1. The first-order valence-electron chi connectivity index (χ1n) is 4.76. The van der Waals surface area contributed by atoms with Crippen LogP contribution in [-0.4, -0.2) is 12.1 Å². The first kappa shape index (κ1) is 13.5. The molecule has 0 aromatic heterocycles. The molecule has 0 aliphatic rings. The highest BCUT2D eigenvalue weighted by Gasteiger charge is 2.13. The summed E-state index contributed by atoms with van der Waals surface area (Å²) < 4.78 is 5.90. The van der Waals surface area contributed by atoms with Crippen LogP contribution < -0.4 is 16.6 Å². The summed E-state index contributed by atoms with van der Waals surface area (Å²) in [5, 5.41) is 1.90. The monoisotopic (exact) mass is 301 g/mol. The summed E-state index contributed by atoms with van der Waals surface area (Å²) in [5.74, 6) is 4.80. The molecule has 0 saturated heterocycles. The van der Waals surface area contributed by atoms with E-state index in [4.69, 9.17) is 10.6 Å². The van der Waals surface area contributed by atoms with E-state index >= 15 is 0 Å². The van der Waals surface area contributed by atoms with Crippen molar-refractivity contribution in [1.29, 1.82) is 0 Å². The first-order chi connectivity index (χ1) is 8.02. The number of hydrogen-bond acceptors (Lipinski definition) is 4. The Labute approximate surface area is 107 Å². The number of nitrogens with one attached hydrogen (secondary N) is 2. The van der Waals surface area contributed by atoms with Crippen molar-refractivity contribution in [2.45, 2.75) is 13.0 Å². The van der Waals surface area contributed by atoms with Crippen LogP contribution in [0.4, 0.5) is 9.59 Å². The van der Waals surface area contributed by atoms with Crippen LogP contribution >= 0.6 is 15.9 Å². The van der Waals surface area contributed by atoms with Crippen LogP contribution in [0.2, 0.25) is 0 Å². The molecule has 0 radical (unpaired) electrons. The van der Waals surface area contributed by atoms with E-state index in [-0.39, 0.29) is 0 Å². The van der Waals surface area contributed by atoms with E-state index in [1.807, 2.05) is 29.6 Å². The summed E-state index contributed by atoms with van der Waals surface area (Å²) in [6, 6.07) is 6.47. The van der Waals surface area contributed by atoms with Crippen molar-refractivity contribution in [1.82, 2.24) is 10.7 Å². The van der Waals surface area contributed by atoms with E-state index in [1.165, 1.54) is 0 Å². The number of hydrogen-bond donors (Lipinski definition) is 3. The molecule has 1 unspecified atom stereocenters. The number of urea groups is 1. The van der Waals surface area contributed by atoms with Crippen LogP contribution in [0.25, 0.3) is 0 Å². The van der Waals surface area contributed by atoms with E-state index in [1.54, 1.807) is 12.3 Å². The molecule has 3 amide bonds. The second kappa shape index (κ2) is 6.21. The number of imide groups is 1. The Balaban J connectivity index is 2.54. The molecule has 0 fully saturated rings. The number of amides is 3. The Morgan fingerprint density at radius 3 is 2.47 bits per heavy atom. The number of alkyl carbamates (subject to hydrolysis) is 1. The van der Waals surface area contributed by atoms with E-state index in [9.17, 15) is 9.59 Å². The number of ether oxygens (including phenoxy) is 1. The lowest BCUT2D eigenvalue weighted by Crippen LogP contribution is -2.43. The van der Waals surface area contributed by atoms with Crippen molar-refractivity contribution >= 4 is 28.1 Å². The molecular weight excluding hydrogens is 290 g/mol. The summed E-state index contributed by atoms with van der Waals surface area (Å²) in [7, 11) is 0. The maximum Gasteiger partial charge on any atom is 0.415 e. The lowest BCUT2D eigenvalue weighted by atomic mass is 10.1. The van der Waals surface area contributed by atoms with Gasteiger partial charge in [0.25, 0.3) is 0 Å². The van der Waals surface area contributed by atoms with Crippen LogP contribution in [0.3, 0.4) is 0 Å². The molecule has 0 heterocycles. The first-order valence-corrected chi connectivity index (χ1v) is 5.56. The third kappa shape index (κ3) is 4.41. The van der Waals surface area contributed by atoms with E-state index in [0.717, 1.165) is 10.0 Å². The molecule has 1 aromatic carbocycles. The standard InChI is InChI=1S/C10H12BrN3O3/c1-6(7-2-4-8(11)5-3-7)17-10(16)13-9(15)14-12/h2-6H,12H2,1H3,(H2,13,14,15,16). The fraction of sp³-hybridized carbons (Fsp3) is 0.200. The maximum absolute atomic E-state index is 11.2.